The van der Waals surface area contributed by atoms with Crippen LogP contribution in [0.3, 0.4) is 0 Å². The molecule has 0 spiro atoms. The second kappa shape index (κ2) is 8.89. The maximum atomic E-state index is 15.0. The molecule has 4 aromatic rings. The molecule has 0 unspecified atom stereocenters. The van der Waals surface area contributed by atoms with Gasteiger partial charge in [0.25, 0.3) is 10.0 Å². The lowest BCUT2D eigenvalue weighted by Crippen LogP contribution is -2.20. The van der Waals surface area contributed by atoms with Crippen molar-refractivity contribution in [2.45, 2.75) is 24.8 Å². The van der Waals surface area contributed by atoms with E-state index >= 15 is 0 Å². The highest BCUT2D eigenvalue weighted by atomic mass is 32.2. The molecular weight excluding hydrogens is 469 g/mol. The minimum absolute atomic E-state index is 0.0143. The molecule has 0 aliphatic carbocycles. The predicted octanol–water partition coefficient (Wildman–Crippen LogP) is 3.36. The van der Waals surface area contributed by atoms with Crippen molar-refractivity contribution < 1.29 is 17.2 Å². The van der Waals surface area contributed by atoms with E-state index in [-0.39, 0.29) is 16.2 Å². The summed E-state index contributed by atoms with van der Waals surface area (Å²) >= 11 is 0.805. The zero-order valence-electron chi connectivity index (χ0n) is 17.6. The Balaban J connectivity index is 1.81. The predicted molar refractivity (Wildman–Crippen MR) is 124 cm³/mol. The van der Waals surface area contributed by atoms with Crippen LogP contribution >= 0.6 is 11.5 Å². The number of nitrogens with one attached hydrogen (secondary N) is 1. The van der Waals surface area contributed by atoms with E-state index in [1.165, 1.54) is 10.9 Å². The van der Waals surface area contributed by atoms with Gasteiger partial charge in [0.15, 0.2) is 5.58 Å². The Bertz CT molecular complexity index is 1510. The maximum Gasteiger partial charge on any atom is 0.420 e. The van der Waals surface area contributed by atoms with Gasteiger partial charge in [-0.1, -0.05) is 35.9 Å². The van der Waals surface area contributed by atoms with Gasteiger partial charge >= 0.3 is 5.76 Å². The van der Waals surface area contributed by atoms with Crippen LogP contribution < -0.4 is 16.2 Å². The van der Waals surface area contributed by atoms with E-state index in [1.807, 2.05) is 37.3 Å². The van der Waals surface area contributed by atoms with Crippen LogP contribution in [0, 0.1) is 5.82 Å². The number of nitrogens with two attached hydrogens (primary N) is 1. The molecule has 2 aromatic heterocycles. The molecular formula is C21H20FN5O4S2. The molecule has 0 aliphatic heterocycles. The SMILES string of the molecule is C/C(=C\c1ccccc1[C@@H](C)n1c(=O)oc2cc(S(=O)(=O)Nc3ncns3)c(F)cc21)CN. The summed E-state index contributed by atoms with van der Waals surface area (Å²) in [6.07, 6.45) is 3.09. The van der Waals surface area contributed by atoms with Gasteiger partial charge in [-0.25, -0.2) is 22.6 Å². The number of aromatic nitrogens is 3. The second-order valence-corrected chi connectivity index (χ2v) is 9.77. The van der Waals surface area contributed by atoms with E-state index in [0.717, 1.165) is 40.4 Å². The molecule has 172 valence electrons. The van der Waals surface area contributed by atoms with Gasteiger partial charge in [0.05, 0.1) is 11.6 Å². The Morgan fingerprint density at radius 1 is 1.36 bits per heavy atom. The van der Waals surface area contributed by atoms with Crippen LogP contribution in [0.15, 0.2) is 62.4 Å². The molecule has 1 atom stereocenters. The first-order valence-corrected chi connectivity index (χ1v) is 12.1. The number of hydrogen-bond donors (Lipinski definition) is 2. The van der Waals surface area contributed by atoms with Gasteiger partial charge in [0, 0.05) is 30.2 Å². The van der Waals surface area contributed by atoms with E-state index in [0.29, 0.717) is 6.54 Å². The Hall–Kier alpha value is -3.35. The molecule has 2 heterocycles. The van der Waals surface area contributed by atoms with Crippen molar-refractivity contribution in [2.75, 3.05) is 11.3 Å². The lowest BCUT2D eigenvalue weighted by molar-refractivity contribution is 0.489. The molecule has 0 bridgehead atoms. The van der Waals surface area contributed by atoms with E-state index in [9.17, 15) is 17.6 Å². The summed E-state index contributed by atoms with van der Waals surface area (Å²) in [6, 6.07) is 8.88. The highest BCUT2D eigenvalue weighted by Gasteiger charge is 2.26. The molecule has 0 saturated carbocycles. The van der Waals surface area contributed by atoms with Crippen molar-refractivity contribution >= 4 is 43.9 Å². The first-order valence-electron chi connectivity index (χ1n) is 9.81. The summed E-state index contributed by atoms with van der Waals surface area (Å²) in [5, 5.41) is -0.0143. The first kappa shape index (κ1) is 22.8. The number of anilines is 1. The summed E-state index contributed by atoms with van der Waals surface area (Å²) in [5.74, 6) is -1.77. The third kappa shape index (κ3) is 4.45. The van der Waals surface area contributed by atoms with E-state index in [2.05, 4.69) is 14.1 Å². The van der Waals surface area contributed by atoms with Crippen molar-refractivity contribution in [3.05, 3.63) is 75.8 Å². The summed E-state index contributed by atoms with van der Waals surface area (Å²) in [6.45, 7) is 4.05. The number of fused-ring (bicyclic) bond motifs is 1. The molecule has 12 heteroatoms. The van der Waals surface area contributed by atoms with Crippen LogP contribution in [0.1, 0.15) is 31.0 Å². The fraction of sp³-hybridized carbons (Fsp3) is 0.190. The number of oxazole rings is 1. The average Bonchev–Trinajstić information content (AvgIpc) is 3.39. The minimum Gasteiger partial charge on any atom is -0.408 e. The standard InChI is InChI=1S/C21H20FN5O4S2/c1-12(10-23)7-14-5-3-4-6-15(14)13(2)27-17-8-16(22)19(9-18(17)31-21(27)28)33(29,30)26-20-24-11-25-32-20/h3-9,11,13H,10,23H2,1-2H3,(H,24,25,26)/b12-7+/t13-/m1/s1. The average molecular weight is 490 g/mol. The number of rotatable bonds is 7. The van der Waals surface area contributed by atoms with Gasteiger partial charge in [0.1, 0.15) is 17.0 Å². The Morgan fingerprint density at radius 2 is 2.12 bits per heavy atom. The van der Waals surface area contributed by atoms with Crippen molar-refractivity contribution in [2.24, 2.45) is 5.73 Å². The van der Waals surface area contributed by atoms with Crippen molar-refractivity contribution in [3.63, 3.8) is 0 Å². The monoisotopic (exact) mass is 489 g/mol. The highest BCUT2D eigenvalue weighted by Crippen LogP contribution is 2.29. The molecule has 3 N–H and O–H groups in total. The molecule has 2 aromatic carbocycles. The minimum atomic E-state index is -4.31. The summed E-state index contributed by atoms with van der Waals surface area (Å²) in [5.41, 5.74) is 8.38. The Labute approximate surface area is 192 Å². The van der Waals surface area contributed by atoms with Crippen LogP contribution in [0.2, 0.25) is 0 Å². The van der Waals surface area contributed by atoms with Crippen molar-refractivity contribution in [1.82, 2.24) is 13.9 Å². The maximum absolute atomic E-state index is 15.0. The Morgan fingerprint density at radius 3 is 2.82 bits per heavy atom. The number of hydrogen-bond acceptors (Lipinski definition) is 8. The molecule has 0 aliphatic rings. The quantitative estimate of drug-likeness (QED) is 0.407. The molecule has 0 saturated heterocycles. The van der Waals surface area contributed by atoms with Gasteiger partial charge in [-0.05, 0) is 25.0 Å². The van der Waals surface area contributed by atoms with Crippen LogP contribution in [0.25, 0.3) is 17.2 Å². The number of nitrogens with zero attached hydrogens (tertiary/aromatic N) is 3. The third-order valence-electron chi connectivity index (χ3n) is 5.10. The third-order valence-corrected chi connectivity index (χ3v) is 7.16. The summed E-state index contributed by atoms with van der Waals surface area (Å²) < 4.78 is 52.7. The highest BCUT2D eigenvalue weighted by molar-refractivity contribution is 7.93. The second-order valence-electron chi connectivity index (χ2n) is 7.34. The smallest absolute Gasteiger partial charge is 0.408 e. The van der Waals surface area contributed by atoms with Crippen LogP contribution in [-0.2, 0) is 10.0 Å². The largest absolute Gasteiger partial charge is 0.420 e. The Kier molecular flexibility index (Phi) is 6.15. The lowest BCUT2D eigenvalue weighted by Gasteiger charge is -2.16. The number of sulfonamides is 1. The molecule has 4 rings (SSSR count). The molecule has 33 heavy (non-hydrogen) atoms. The molecule has 0 radical (unpaired) electrons. The van der Waals surface area contributed by atoms with Gasteiger partial charge in [-0.3, -0.25) is 9.29 Å². The van der Waals surface area contributed by atoms with Crippen molar-refractivity contribution in [3.8, 4) is 0 Å². The topological polar surface area (TPSA) is 133 Å². The van der Waals surface area contributed by atoms with Crippen molar-refractivity contribution in [1.29, 1.82) is 0 Å². The zero-order chi connectivity index (χ0) is 23.8. The normalized spacial score (nSPS) is 13.4. The van der Waals surface area contributed by atoms with E-state index < -0.39 is 32.5 Å². The molecule has 0 fully saturated rings. The van der Waals surface area contributed by atoms with Crippen LogP contribution in [-0.4, -0.2) is 28.9 Å². The lowest BCUT2D eigenvalue weighted by atomic mass is 9.99. The van der Waals surface area contributed by atoms with E-state index in [4.69, 9.17) is 10.2 Å². The fourth-order valence-electron chi connectivity index (χ4n) is 3.48. The first-order chi connectivity index (χ1) is 15.7. The van der Waals surface area contributed by atoms with Gasteiger partial charge < -0.3 is 10.2 Å². The van der Waals surface area contributed by atoms with Crippen LogP contribution in [0.4, 0.5) is 9.52 Å². The summed E-state index contributed by atoms with van der Waals surface area (Å²) in [7, 11) is -4.31. The van der Waals surface area contributed by atoms with Gasteiger partial charge in [-0.2, -0.15) is 4.37 Å². The molecule has 9 nitrogen and oxygen atoms in total. The zero-order valence-corrected chi connectivity index (χ0v) is 19.3. The fourth-order valence-corrected chi connectivity index (χ4v) is 5.22. The van der Waals surface area contributed by atoms with Gasteiger partial charge in [-0.15, -0.1) is 0 Å². The van der Waals surface area contributed by atoms with E-state index in [1.54, 1.807) is 6.92 Å². The molecule has 0 amide bonds. The number of benzene rings is 2. The summed E-state index contributed by atoms with van der Waals surface area (Å²) in [4.78, 5) is 15.8. The van der Waals surface area contributed by atoms with Gasteiger partial charge in [0.2, 0.25) is 5.13 Å². The van der Waals surface area contributed by atoms with Crippen LogP contribution in [0.5, 0.6) is 0 Å². The number of halogens is 1.